The van der Waals surface area contributed by atoms with Crippen molar-refractivity contribution in [2.24, 2.45) is 0 Å². The maximum atomic E-state index is 12.9. The van der Waals surface area contributed by atoms with Gasteiger partial charge in [-0.1, -0.05) is 12.1 Å². The first kappa shape index (κ1) is 15.0. The molecule has 2 heterocycles. The molecule has 2 aliphatic heterocycles. The predicted molar refractivity (Wildman–Crippen MR) is 90.0 cm³/mol. The topological polar surface area (TPSA) is 50.8 Å². The zero-order chi connectivity index (χ0) is 16.5. The number of hydrogen-bond donors (Lipinski definition) is 1. The summed E-state index contributed by atoms with van der Waals surface area (Å²) in [6.45, 7) is 5.20. The Kier molecular flexibility index (Phi) is 3.86. The summed E-state index contributed by atoms with van der Waals surface area (Å²) in [5.41, 5.74) is 4.29. The fourth-order valence-corrected chi connectivity index (χ4v) is 3.20. The molecule has 2 aromatic carbocycles. The molecule has 0 saturated carbocycles. The smallest absolute Gasteiger partial charge is 0.254 e. The van der Waals surface area contributed by atoms with E-state index in [0.29, 0.717) is 13.1 Å². The molecule has 0 bridgehead atoms. The SMILES string of the molecule is CCN(Cc1ccc2c(c1)OCO2)C(=O)c1ccc2c(c1)CNC2. The summed E-state index contributed by atoms with van der Waals surface area (Å²) in [6.07, 6.45) is 0. The lowest BCUT2D eigenvalue weighted by Gasteiger charge is -2.21. The Morgan fingerprint density at radius 3 is 2.79 bits per heavy atom. The first-order chi connectivity index (χ1) is 11.7. The number of fused-ring (bicyclic) bond motifs is 2. The molecule has 124 valence electrons. The van der Waals surface area contributed by atoms with E-state index >= 15 is 0 Å². The van der Waals surface area contributed by atoms with Gasteiger partial charge in [0.05, 0.1) is 0 Å². The molecule has 0 unspecified atom stereocenters. The molecule has 0 radical (unpaired) electrons. The number of nitrogens with zero attached hydrogens (tertiary/aromatic N) is 1. The standard InChI is InChI=1S/C19H20N2O3/c1-2-21(11-13-3-6-17-18(7-13)24-12-23-17)19(22)14-4-5-15-9-20-10-16(15)8-14/h3-8,20H,2,9-12H2,1H3. The molecule has 2 aromatic rings. The van der Waals surface area contributed by atoms with Gasteiger partial charge in [0.25, 0.3) is 5.91 Å². The van der Waals surface area contributed by atoms with Gasteiger partial charge in [-0.25, -0.2) is 0 Å². The summed E-state index contributed by atoms with van der Waals surface area (Å²) < 4.78 is 10.8. The third kappa shape index (κ3) is 2.71. The van der Waals surface area contributed by atoms with Crippen LogP contribution in [-0.2, 0) is 19.6 Å². The van der Waals surface area contributed by atoms with Crippen LogP contribution in [-0.4, -0.2) is 24.1 Å². The Labute approximate surface area is 141 Å². The highest BCUT2D eigenvalue weighted by Crippen LogP contribution is 2.33. The van der Waals surface area contributed by atoms with Gasteiger partial charge < -0.3 is 19.7 Å². The van der Waals surface area contributed by atoms with Crippen molar-refractivity contribution in [1.29, 1.82) is 0 Å². The van der Waals surface area contributed by atoms with E-state index in [0.717, 1.165) is 35.7 Å². The predicted octanol–water partition coefficient (Wildman–Crippen LogP) is 2.68. The summed E-state index contributed by atoms with van der Waals surface area (Å²) in [4.78, 5) is 14.7. The summed E-state index contributed by atoms with van der Waals surface area (Å²) in [5.74, 6) is 1.57. The van der Waals surface area contributed by atoms with Crippen molar-refractivity contribution in [3.05, 3.63) is 58.7 Å². The lowest BCUT2D eigenvalue weighted by atomic mass is 10.1. The number of carbonyl (C=O) groups is 1. The number of ether oxygens (including phenoxy) is 2. The van der Waals surface area contributed by atoms with Crippen molar-refractivity contribution in [3.63, 3.8) is 0 Å². The Balaban J connectivity index is 1.53. The molecule has 1 N–H and O–H groups in total. The minimum atomic E-state index is 0.0601. The van der Waals surface area contributed by atoms with Crippen LogP contribution in [0, 0.1) is 0 Å². The van der Waals surface area contributed by atoms with Gasteiger partial charge in [0.2, 0.25) is 6.79 Å². The van der Waals surface area contributed by atoms with E-state index in [-0.39, 0.29) is 12.7 Å². The van der Waals surface area contributed by atoms with E-state index < -0.39 is 0 Å². The normalized spacial score (nSPS) is 14.5. The van der Waals surface area contributed by atoms with Crippen molar-refractivity contribution in [3.8, 4) is 11.5 Å². The Bertz CT molecular complexity index is 788. The van der Waals surface area contributed by atoms with Gasteiger partial charge >= 0.3 is 0 Å². The first-order valence-electron chi connectivity index (χ1n) is 8.25. The molecule has 0 aromatic heterocycles. The van der Waals surface area contributed by atoms with Crippen molar-refractivity contribution < 1.29 is 14.3 Å². The van der Waals surface area contributed by atoms with Crippen LogP contribution in [0.5, 0.6) is 11.5 Å². The zero-order valence-corrected chi connectivity index (χ0v) is 13.7. The molecule has 0 fully saturated rings. The van der Waals surface area contributed by atoms with Crippen molar-refractivity contribution in [1.82, 2.24) is 10.2 Å². The van der Waals surface area contributed by atoms with Crippen molar-refractivity contribution in [2.45, 2.75) is 26.6 Å². The number of hydrogen-bond acceptors (Lipinski definition) is 4. The van der Waals surface area contributed by atoms with Gasteiger partial charge in [-0.05, 0) is 47.9 Å². The van der Waals surface area contributed by atoms with Crippen LogP contribution >= 0.6 is 0 Å². The average Bonchev–Trinajstić information content (AvgIpc) is 3.26. The van der Waals surface area contributed by atoms with Gasteiger partial charge in [0.15, 0.2) is 11.5 Å². The summed E-state index contributed by atoms with van der Waals surface area (Å²) in [5, 5.41) is 3.31. The highest BCUT2D eigenvalue weighted by molar-refractivity contribution is 5.94. The summed E-state index contributed by atoms with van der Waals surface area (Å²) in [6, 6.07) is 11.8. The fourth-order valence-electron chi connectivity index (χ4n) is 3.20. The van der Waals surface area contributed by atoms with Crippen LogP contribution in [0.1, 0.15) is 34.0 Å². The van der Waals surface area contributed by atoms with Crippen LogP contribution in [0.3, 0.4) is 0 Å². The molecule has 1 amide bonds. The molecule has 0 aliphatic carbocycles. The van der Waals surface area contributed by atoms with Crippen LogP contribution in [0.4, 0.5) is 0 Å². The minimum Gasteiger partial charge on any atom is -0.454 e. The third-order valence-electron chi connectivity index (χ3n) is 4.56. The van der Waals surface area contributed by atoms with Gasteiger partial charge in [0, 0.05) is 31.7 Å². The van der Waals surface area contributed by atoms with E-state index in [1.807, 2.05) is 42.2 Å². The maximum Gasteiger partial charge on any atom is 0.254 e. The van der Waals surface area contributed by atoms with E-state index in [1.54, 1.807) is 0 Å². The third-order valence-corrected chi connectivity index (χ3v) is 4.56. The quantitative estimate of drug-likeness (QED) is 0.939. The molecule has 0 atom stereocenters. The lowest BCUT2D eigenvalue weighted by molar-refractivity contribution is 0.0752. The van der Waals surface area contributed by atoms with E-state index in [4.69, 9.17) is 9.47 Å². The minimum absolute atomic E-state index is 0.0601. The monoisotopic (exact) mass is 324 g/mol. The number of carbonyl (C=O) groups excluding carboxylic acids is 1. The van der Waals surface area contributed by atoms with E-state index in [9.17, 15) is 4.79 Å². The molecule has 24 heavy (non-hydrogen) atoms. The second-order valence-electron chi connectivity index (χ2n) is 6.09. The average molecular weight is 324 g/mol. The van der Waals surface area contributed by atoms with Crippen LogP contribution in [0.15, 0.2) is 36.4 Å². The van der Waals surface area contributed by atoms with Gasteiger partial charge in [-0.3, -0.25) is 4.79 Å². The summed E-state index contributed by atoms with van der Waals surface area (Å²) >= 11 is 0. The Morgan fingerprint density at radius 2 is 1.92 bits per heavy atom. The number of rotatable bonds is 4. The molecule has 0 saturated heterocycles. The Hall–Kier alpha value is -2.53. The van der Waals surface area contributed by atoms with Gasteiger partial charge in [-0.2, -0.15) is 0 Å². The van der Waals surface area contributed by atoms with Gasteiger partial charge in [-0.15, -0.1) is 0 Å². The van der Waals surface area contributed by atoms with Crippen LogP contribution in [0.25, 0.3) is 0 Å². The van der Waals surface area contributed by atoms with E-state index in [1.165, 1.54) is 11.1 Å². The van der Waals surface area contributed by atoms with Crippen LogP contribution in [0.2, 0.25) is 0 Å². The second kappa shape index (κ2) is 6.17. The first-order valence-corrected chi connectivity index (χ1v) is 8.25. The molecular formula is C19H20N2O3. The largest absolute Gasteiger partial charge is 0.454 e. The molecule has 2 aliphatic rings. The van der Waals surface area contributed by atoms with E-state index in [2.05, 4.69) is 11.4 Å². The summed E-state index contributed by atoms with van der Waals surface area (Å²) in [7, 11) is 0. The molecule has 5 nitrogen and oxygen atoms in total. The van der Waals surface area contributed by atoms with Gasteiger partial charge in [0.1, 0.15) is 0 Å². The maximum absolute atomic E-state index is 12.9. The lowest BCUT2D eigenvalue weighted by Crippen LogP contribution is -2.30. The number of nitrogens with one attached hydrogen (secondary N) is 1. The Morgan fingerprint density at radius 1 is 1.08 bits per heavy atom. The molecule has 0 spiro atoms. The molecule has 4 rings (SSSR count). The van der Waals surface area contributed by atoms with Crippen molar-refractivity contribution >= 4 is 5.91 Å². The number of benzene rings is 2. The fraction of sp³-hybridized carbons (Fsp3) is 0.316. The zero-order valence-electron chi connectivity index (χ0n) is 13.7. The second-order valence-corrected chi connectivity index (χ2v) is 6.09. The van der Waals surface area contributed by atoms with Crippen LogP contribution < -0.4 is 14.8 Å². The van der Waals surface area contributed by atoms with Crippen molar-refractivity contribution in [2.75, 3.05) is 13.3 Å². The highest BCUT2D eigenvalue weighted by Gasteiger charge is 2.19. The highest BCUT2D eigenvalue weighted by atomic mass is 16.7. The molecule has 5 heteroatoms. The number of amides is 1. The molecular weight excluding hydrogens is 304 g/mol.